The lowest BCUT2D eigenvalue weighted by Gasteiger charge is -2.04. The Kier molecular flexibility index (Phi) is 6.65. The van der Waals surface area contributed by atoms with Crippen molar-refractivity contribution in [2.45, 2.75) is 0 Å². The maximum absolute atomic E-state index is 13.0. The summed E-state index contributed by atoms with van der Waals surface area (Å²) in [5, 5.41) is 3.63. The second-order valence-corrected chi connectivity index (χ2v) is 4.88. The number of oxime groups is 1. The first-order valence-electron chi connectivity index (χ1n) is 7.32. The molecule has 0 aliphatic heterocycles. The summed E-state index contributed by atoms with van der Waals surface area (Å²) in [5.41, 5.74) is 0.890. The van der Waals surface area contributed by atoms with Gasteiger partial charge >= 0.3 is 5.97 Å². The molecular weight excluding hydrogens is 329 g/mol. The number of nitrogens with zero attached hydrogens (tertiary/aromatic N) is 1. The molecule has 25 heavy (non-hydrogen) atoms. The molecule has 2 aromatic rings. The third-order valence-electron chi connectivity index (χ3n) is 3.09. The number of esters is 1. The number of hydrogen-bond acceptors (Lipinski definition) is 6. The molecule has 6 nitrogen and oxygen atoms in total. The largest absolute Gasteiger partial charge is 0.497 e. The summed E-state index contributed by atoms with van der Waals surface area (Å²) in [7, 11) is 1.57. The van der Waals surface area contributed by atoms with Crippen molar-refractivity contribution >= 4 is 18.0 Å². The molecule has 0 saturated heterocycles. The Hall–Kier alpha value is -3.22. The average molecular weight is 345 g/mol. The van der Waals surface area contributed by atoms with Gasteiger partial charge in [0.2, 0.25) is 6.61 Å². The summed E-state index contributed by atoms with van der Waals surface area (Å²) in [6.45, 7) is -0.934. The fraction of sp³-hybridized carbons (Fsp3) is 0.167. The van der Waals surface area contributed by atoms with Crippen molar-refractivity contribution < 1.29 is 28.3 Å². The van der Waals surface area contributed by atoms with Crippen molar-refractivity contribution in [3.63, 3.8) is 0 Å². The molecule has 2 aromatic carbocycles. The van der Waals surface area contributed by atoms with Crippen molar-refractivity contribution in [3.8, 4) is 5.75 Å². The van der Waals surface area contributed by atoms with Crippen LogP contribution in [0, 0.1) is 5.82 Å². The van der Waals surface area contributed by atoms with Crippen LogP contribution in [0.3, 0.4) is 0 Å². The quantitative estimate of drug-likeness (QED) is 0.318. The molecule has 0 N–H and O–H groups in total. The number of benzene rings is 2. The van der Waals surface area contributed by atoms with Gasteiger partial charge in [0.15, 0.2) is 12.4 Å². The zero-order chi connectivity index (χ0) is 18.1. The number of carbonyl (C=O) groups is 2. The Morgan fingerprint density at radius 1 is 1.12 bits per heavy atom. The van der Waals surface area contributed by atoms with E-state index < -0.39 is 30.8 Å². The van der Waals surface area contributed by atoms with Gasteiger partial charge in [-0.3, -0.25) is 4.79 Å². The zero-order valence-electron chi connectivity index (χ0n) is 13.5. The Balaban J connectivity index is 1.71. The van der Waals surface area contributed by atoms with E-state index in [1.807, 2.05) is 0 Å². The first kappa shape index (κ1) is 18.1. The number of halogens is 1. The van der Waals surface area contributed by atoms with Crippen molar-refractivity contribution in [2.75, 3.05) is 20.3 Å². The van der Waals surface area contributed by atoms with E-state index in [0.717, 1.165) is 11.6 Å². The van der Waals surface area contributed by atoms with Gasteiger partial charge < -0.3 is 14.3 Å². The van der Waals surface area contributed by atoms with E-state index >= 15 is 0 Å². The predicted octanol–water partition coefficient (Wildman–Crippen LogP) is 2.61. The van der Waals surface area contributed by atoms with Crippen LogP contribution in [0.1, 0.15) is 15.9 Å². The maximum Gasteiger partial charge on any atom is 0.347 e. The highest BCUT2D eigenvalue weighted by Gasteiger charge is 2.10. The maximum atomic E-state index is 13.0. The summed E-state index contributed by atoms with van der Waals surface area (Å²) in [6, 6.07) is 12.2. The molecule has 0 amide bonds. The number of methoxy groups -OCH3 is 1. The standard InChI is InChI=1S/C18H16FNO5/c1-23-16-7-5-13(6-8-16)10-20-25-12-18(22)24-11-17(21)14-3-2-4-15(19)9-14/h2-10H,11-12H2,1H3/b20-10-. The van der Waals surface area contributed by atoms with Gasteiger partial charge in [-0.1, -0.05) is 17.3 Å². The minimum absolute atomic E-state index is 0.131. The molecule has 0 atom stereocenters. The van der Waals surface area contributed by atoms with E-state index in [0.29, 0.717) is 5.75 Å². The van der Waals surface area contributed by atoms with Gasteiger partial charge in [-0.05, 0) is 42.0 Å². The van der Waals surface area contributed by atoms with Crippen molar-refractivity contribution in [3.05, 3.63) is 65.5 Å². The molecule has 0 aliphatic carbocycles. The highest BCUT2D eigenvalue weighted by Crippen LogP contribution is 2.09. The molecule has 0 heterocycles. The van der Waals surface area contributed by atoms with Crippen LogP contribution in [0.5, 0.6) is 5.75 Å². The number of Topliss-reactive ketones (excluding diaryl/α,β-unsaturated/α-hetero) is 1. The SMILES string of the molecule is COc1ccc(/C=N\OCC(=O)OCC(=O)c2cccc(F)c2)cc1. The number of hydrogen-bond donors (Lipinski definition) is 0. The molecule has 0 unspecified atom stereocenters. The van der Waals surface area contributed by atoms with Gasteiger partial charge in [-0.15, -0.1) is 0 Å². The third kappa shape index (κ3) is 6.06. The molecular formula is C18H16FNO5. The van der Waals surface area contributed by atoms with E-state index in [2.05, 4.69) is 5.16 Å². The molecule has 7 heteroatoms. The second-order valence-electron chi connectivity index (χ2n) is 4.88. The summed E-state index contributed by atoms with van der Waals surface area (Å²) < 4.78 is 22.8. The van der Waals surface area contributed by atoms with Crippen LogP contribution in [-0.4, -0.2) is 38.3 Å². The minimum atomic E-state index is -0.753. The van der Waals surface area contributed by atoms with Crippen LogP contribution in [0.25, 0.3) is 0 Å². The molecule has 0 aliphatic rings. The van der Waals surface area contributed by atoms with Gasteiger partial charge in [0.05, 0.1) is 13.3 Å². The zero-order valence-corrected chi connectivity index (χ0v) is 13.5. The van der Waals surface area contributed by atoms with E-state index in [-0.39, 0.29) is 5.56 Å². The summed E-state index contributed by atoms with van der Waals surface area (Å²) >= 11 is 0. The molecule has 2 rings (SSSR count). The van der Waals surface area contributed by atoms with Crippen LogP contribution in [0.2, 0.25) is 0 Å². The lowest BCUT2D eigenvalue weighted by atomic mass is 10.1. The third-order valence-corrected chi connectivity index (χ3v) is 3.09. The first-order valence-corrected chi connectivity index (χ1v) is 7.32. The smallest absolute Gasteiger partial charge is 0.347 e. The molecule has 0 saturated carbocycles. The van der Waals surface area contributed by atoms with E-state index in [9.17, 15) is 14.0 Å². The summed E-state index contributed by atoms with van der Waals surface area (Å²) in [6.07, 6.45) is 1.42. The Labute approximate surface area is 143 Å². The van der Waals surface area contributed by atoms with Crippen molar-refractivity contribution in [2.24, 2.45) is 5.16 Å². The average Bonchev–Trinajstić information content (AvgIpc) is 2.63. The van der Waals surface area contributed by atoms with Crippen LogP contribution in [0.15, 0.2) is 53.7 Å². The van der Waals surface area contributed by atoms with Crippen molar-refractivity contribution in [1.82, 2.24) is 0 Å². The van der Waals surface area contributed by atoms with E-state index in [4.69, 9.17) is 14.3 Å². The number of ether oxygens (including phenoxy) is 2. The van der Waals surface area contributed by atoms with Gasteiger partial charge in [0, 0.05) is 5.56 Å². The topological polar surface area (TPSA) is 74.2 Å². The predicted molar refractivity (Wildman–Crippen MR) is 88.2 cm³/mol. The van der Waals surface area contributed by atoms with Gasteiger partial charge in [0.1, 0.15) is 11.6 Å². The fourth-order valence-corrected chi connectivity index (χ4v) is 1.81. The Bertz CT molecular complexity index is 758. The molecule has 0 radical (unpaired) electrons. The van der Waals surface area contributed by atoms with E-state index in [1.54, 1.807) is 31.4 Å². The molecule has 0 aromatic heterocycles. The van der Waals surface area contributed by atoms with Gasteiger partial charge in [-0.2, -0.15) is 0 Å². The van der Waals surface area contributed by atoms with Crippen LogP contribution in [-0.2, 0) is 14.4 Å². The van der Waals surface area contributed by atoms with Crippen LogP contribution in [0.4, 0.5) is 4.39 Å². The molecule has 0 spiro atoms. The van der Waals surface area contributed by atoms with Crippen LogP contribution >= 0.6 is 0 Å². The number of carbonyl (C=O) groups excluding carboxylic acids is 2. The molecule has 0 fully saturated rings. The highest BCUT2D eigenvalue weighted by atomic mass is 19.1. The van der Waals surface area contributed by atoms with E-state index in [1.165, 1.54) is 24.4 Å². The van der Waals surface area contributed by atoms with Gasteiger partial charge in [-0.25, -0.2) is 9.18 Å². The lowest BCUT2D eigenvalue weighted by Crippen LogP contribution is -2.17. The fourth-order valence-electron chi connectivity index (χ4n) is 1.81. The lowest BCUT2D eigenvalue weighted by molar-refractivity contribution is -0.147. The molecule has 0 bridgehead atoms. The highest BCUT2D eigenvalue weighted by molar-refractivity contribution is 5.97. The Morgan fingerprint density at radius 2 is 1.88 bits per heavy atom. The summed E-state index contributed by atoms with van der Waals surface area (Å²) in [5.74, 6) is -1.08. The van der Waals surface area contributed by atoms with Crippen LogP contribution < -0.4 is 4.74 Å². The summed E-state index contributed by atoms with van der Waals surface area (Å²) in [4.78, 5) is 28.0. The number of ketones is 1. The Morgan fingerprint density at radius 3 is 2.56 bits per heavy atom. The van der Waals surface area contributed by atoms with Crippen molar-refractivity contribution in [1.29, 1.82) is 0 Å². The monoisotopic (exact) mass is 345 g/mol. The first-order chi connectivity index (χ1) is 12.1. The number of rotatable bonds is 8. The molecule has 130 valence electrons. The second kappa shape index (κ2) is 9.17. The minimum Gasteiger partial charge on any atom is -0.497 e. The van der Waals surface area contributed by atoms with Gasteiger partial charge in [0.25, 0.3) is 0 Å². The normalized spacial score (nSPS) is 10.5.